The number of carboxylic acids is 3. The molecule has 1 heterocycles. The number of aromatic hydroxyl groups is 1. The average Bonchev–Trinajstić information content (AvgIpc) is 1.21. The quantitative estimate of drug-likeness (QED) is 0.0166. The smallest absolute Gasteiger partial charge is 0.326 e. The number of aromatic amines is 1. The molecule has 2 aromatic rings. The summed E-state index contributed by atoms with van der Waals surface area (Å²) in [6.07, 6.45) is -6.86. The van der Waals surface area contributed by atoms with Gasteiger partial charge in [-0.15, -0.1) is 0 Å². The number of unbranched alkanes of at least 4 members (excludes halogenated alkanes) is 1. The van der Waals surface area contributed by atoms with Gasteiger partial charge in [0.1, 0.15) is 102 Å². The van der Waals surface area contributed by atoms with Gasteiger partial charge in [-0.2, -0.15) is 0 Å². The van der Waals surface area contributed by atoms with Gasteiger partial charge in [0, 0.05) is 57.1 Å². The fraction of sp³-hybridized carbons (Fsp3) is 0.617. The Morgan fingerprint density at radius 3 is 1.24 bits per heavy atom. The fourth-order valence-corrected chi connectivity index (χ4v) is 12.8. The van der Waals surface area contributed by atoms with E-state index in [2.05, 4.69) is 100 Å². The summed E-state index contributed by atoms with van der Waals surface area (Å²) in [5.74, 6) is -26.3. The topological polar surface area (TPSA) is 920 Å². The van der Waals surface area contributed by atoms with Crippen LogP contribution in [0, 0.1) is 22.7 Å². The van der Waals surface area contributed by atoms with Gasteiger partial charge in [-0.1, -0.05) is 46.2 Å². The van der Waals surface area contributed by atoms with Crippen LogP contribution in [-0.4, -0.2) is 311 Å². The number of hydrogen-bond donors (Lipinski definition) is 33. The Kier molecular flexibility index (Phi) is 52.2. The second-order valence-electron chi connectivity index (χ2n) is 32.6. The minimum Gasteiger partial charge on any atom is -0.508 e. The Bertz CT molecular complexity index is 4370. The number of amides is 17. The number of nitrogens with two attached hydrogens (primary N) is 6. The van der Waals surface area contributed by atoms with E-state index in [0.717, 1.165) is 13.8 Å². The van der Waals surface area contributed by atoms with Crippen molar-refractivity contribution in [1.82, 2.24) is 100 Å². The molecule has 754 valence electrons. The summed E-state index contributed by atoms with van der Waals surface area (Å²) in [5.41, 5.74) is 33.7. The first-order valence-corrected chi connectivity index (χ1v) is 43.5. The van der Waals surface area contributed by atoms with Gasteiger partial charge in [0.2, 0.25) is 100 Å². The van der Waals surface area contributed by atoms with Gasteiger partial charge >= 0.3 is 17.9 Å². The number of nitrogens with one attached hydrogen (secondary N) is 20. The third-order valence-corrected chi connectivity index (χ3v) is 20.7. The van der Waals surface area contributed by atoms with Crippen molar-refractivity contribution in [3.8, 4) is 5.75 Å². The first-order valence-electron chi connectivity index (χ1n) is 43.5. The second kappa shape index (κ2) is 60.2. The highest BCUT2D eigenvalue weighted by Crippen LogP contribution is 2.18. The van der Waals surface area contributed by atoms with Crippen LogP contribution in [0.3, 0.4) is 0 Å². The van der Waals surface area contributed by atoms with Crippen LogP contribution in [0.1, 0.15) is 169 Å². The molecule has 0 unspecified atom stereocenters. The van der Waals surface area contributed by atoms with Gasteiger partial charge in [0.25, 0.3) is 0 Å². The number of aromatic nitrogens is 2. The Morgan fingerprint density at radius 2 is 0.793 bits per heavy atom. The summed E-state index contributed by atoms with van der Waals surface area (Å²) in [6.45, 7) is 9.83. The van der Waals surface area contributed by atoms with Crippen LogP contribution in [0.15, 0.2) is 36.8 Å². The van der Waals surface area contributed by atoms with Crippen LogP contribution in [0.4, 0.5) is 0 Å². The molecule has 0 saturated heterocycles. The number of aliphatic carboxylic acids is 3. The summed E-state index contributed by atoms with van der Waals surface area (Å²) in [5, 5.41) is 126. The molecule has 135 heavy (non-hydrogen) atoms. The van der Waals surface area contributed by atoms with E-state index in [4.69, 9.17) is 45.2 Å². The van der Waals surface area contributed by atoms with Gasteiger partial charge in [-0.3, -0.25) is 102 Å². The van der Waals surface area contributed by atoms with E-state index in [1.807, 2.05) is 0 Å². The lowest BCUT2D eigenvalue weighted by Crippen LogP contribution is -2.62. The maximum Gasteiger partial charge on any atom is 0.326 e. The van der Waals surface area contributed by atoms with E-state index in [1.165, 1.54) is 50.6 Å². The molecule has 1 aromatic carbocycles. The second-order valence-corrected chi connectivity index (χ2v) is 32.6. The zero-order valence-corrected chi connectivity index (χ0v) is 76.3. The number of nitrogens with zero attached hydrogens (tertiary/aromatic N) is 1. The number of phenols is 1. The third-order valence-electron chi connectivity index (χ3n) is 20.7. The molecule has 0 aliphatic carbocycles. The molecule has 0 aliphatic rings. The molecule has 0 aliphatic heterocycles. The zero-order valence-electron chi connectivity index (χ0n) is 76.3. The summed E-state index contributed by atoms with van der Waals surface area (Å²) in [7, 11) is 0. The number of rotatable bonds is 65. The average molecular weight is 1920 g/mol. The number of carbonyl (C=O) groups excluding carboxylic acids is 17. The molecule has 0 saturated carbocycles. The lowest BCUT2D eigenvalue weighted by atomic mass is 9.96. The predicted octanol–water partition coefficient (Wildman–Crippen LogP) is -11.0. The number of carboxylic acid groups (broad SMARTS) is 3. The number of H-pyrrole nitrogens is 1. The highest BCUT2D eigenvalue weighted by atomic mass is 16.4. The largest absolute Gasteiger partial charge is 0.508 e. The van der Waals surface area contributed by atoms with Crippen LogP contribution in [-0.2, 0) is 109 Å². The number of aliphatic hydroxyl groups is 3. The van der Waals surface area contributed by atoms with E-state index in [0.29, 0.717) is 12.0 Å². The number of imidazole rings is 1. The maximum atomic E-state index is 14.7. The van der Waals surface area contributed by atoms with Gasteiger partial charge in [-0.25, -0.2) is 9.78 Å². The van der Waals surface area contributed by atoms with E-state index >= 15 is 0 Å². The first kappa shape index (κ1) is 117. The van der Waals surface area contributed by atoms with Crippen LogP contribution in [0.5, 0.6) is 5.75 Å². The molecule has 0 bridgehead atoms. The lowest BCUT2D eigenvalue weighted by Gasteiger charge is -2.29. The number of hydrogen-bond acceptors (Lipinski definition) is 29. The predicted molar refractivity (Wildman–Crippen MR) is 477 cm³/mol. The molecular weight excluding hydrogens is 1780 g/mol. The minimum atomic E-state index is -2.25. The highest BCUT2D eigenvalue weighted by molar-refractivity contribution is 6.02. The number of primary amides is 2. The van der Waals surface area contributed by atoms with Gasteiger partial charge < -0.3 is 166 Å². The summed E-state index contributed by atoms with van der Waals surface area (Å²) in [6, 6.07) is -22.2. The first-order chi connectivity index (χ1) is 63.3. The van der Waals surface area contributed by atoms with E-state index in [-0.39, 0.29) is 94.8 Å². The van der Waals surface area contributed by atoms with Crippen LogP contribution >= 0.6 is 0 Å². The molecule has 0 spiro atoms. The van der Waals surface area contributed by atoms with Gasteiger partial charge in [0.15, 0.2) is 11.9 Å². The summed E-state index contributed by atoms with van der Waals surface area (Å²) >= 11 is 0. The Labute approximate surface area is 776 Å². The SMILES string of the molecule is CC[C@H](C)[C@H](NC(=O)[C@H](CCC(N)=O)NC(=O)[C@@H](N)[C@@H](C)O)C(=O)N[C@@H](Cc1ccc(O)cc1)C(=O)N[C@@H](CCCCN)C(=O)N[C@@H](C)C(=O)N[C@@H](Cc1cnc[nH]1)C(=O)N[C@@H](C)C(=O)N[C@@H](CCC(N)=O)C(=O)N[C@H](C(=O)N[C@@H](CC(=O)O)C(=O)N[C@@H](CCCNC(=N)N)C(=O)N[C@@H](CCC(=O)O)C(=O)N[C@@H](CO)C(=O)N[C@@H](CC(C)C)C(=O)N[C@@H](CCCNC(=N)N)C(=O)O)[C@@H](C)O. The number of carbonyl (C=O) groups is 20. The summed E-state index contributed by atoms with van der Waals surface area (Å²) < 4.78 is 0. The molecule has 54 heteroatoms. The zero-order chi connectivity index (χ0) is 102. The molecule has 2 rings (SSSR count). The maximum absolute atomic E-state index is 14.7. The van der Waals surface area contributed by atoms with Crippen molar-refractivity contribution in [2.24, 2.45) is 46.2 Å². The molecule has 1 aromatic heterocycles. The molecule has 54 nitrogen and oxygen atoms in total. The highest BCUT2D eigenvalue weighted by Gasteiger charge is 2.41. The van der Waals surface area contributed by atoms with Crippen molar-refractivity contribution in [2.75, 3.05) is 26.2 Å². The fourth-order valence-electron chi connectivity index (χ4n) is 12.8. The molecule has 0 fully saturated rings. The number of phenolic OH excluding ortho intramolecular Hbond substituents is 1. The number of aliphatic hydroxyl groups excluding tert-OH is 3. The van der Waals surface area contributed by atoms with E-state index in [1.54, 1.807) is 27.7 Å². The van der Waals surface area contributed by atoms with Crippen molar-refractivity contribution >= 4 is 130 Å². The molecule has 39 N–H and O–H groups in total. The Hall–Kier alpha value is -14.0. The van der Waals surface area contributed by atoms with Crippen LogP contribution in [0.2, 0.25) is 0 Å². The number of guanidine groups is 2. The third kappa shape index (κ3) is 44.8. The monoisotopic (exact) mass is 1920 g/mol. The molecular formula is C81H133N27O27. The number of benzene rings is 1. The van der Waals surface area contributed by atoms with Gasteiger partial charge in [0.05, 0.1) is 31.6 Å². The van der Waals surface area contributed by atoms with Crippen molar-refractivity contribution in [3.63, 3.8) is 0 Å². The van der Waals surface area contributed by atoms with Crippen molar-refractivity contribution in [1.29, 1.82) is 10.8 Å². The van der Waals surface area contributed by atoms with Crippen LogP contribution in [0.25, 0.3) is 0 Å². The Balaban J connectivity index is 2.51. The van der Waals surface area contributed by atoms with Gasteiger partial charge in [-0.05, 0) is 134 Å². The summed E-state index contributed by atoms with van der Waals surface area (Å²) in [4.78, 5) is 279. The van der Waals surface area contributed by atoms with Crippen molar-refractivity contribution in [2.45, 2.75) is 280 Å². The van der Waals surface area contributed by atoms with Crippen molar-refractivity contribution < 1.29 is 132 Å². The van der Waals surface area contributed by atoms with Crippen LogP contribution < -0.4 is 125 Å². The van der Waals surface area contributed by atoms with Crippen molar-refractivity contribution in [3.05, 3.63) is 48.0 Å². The lowest BCUT2D eigenvalue weighted by molar-refractivity contribution is -0.143. The van der Waals surface area contributed by atoms with E-state index < -0.39 is 303 Å². The Morgan fingerprint density at radius 1 is 0.415 bits per heavy atom. The molecule has 0 radical (unpaired) electrons. The normalized spacial score (nSPS) is 15.3. The molecule has 19 atom stereocenters. The molecule has 17 amide bonds. The standard InChI is InChI=1S/C81H133N27O27/c1-9-38(4)62(107-69(124)49(22-25-58(84)114)100-76(131)61(85)41(7)110)77(132)104-53(31-43-17-19-45(112)20-18-43)73(128)97-46(14-10-11-27-82)66(121)94-40(6)65(120)102-54(32-44-34-90-36-93-44)71(126)95-39(5)64(119)96-48(21-24-57(83)113)70(125)108-63(42(8)111)78(133)105-55(33-60(117)118)74(129)98-47(15-12-28-91-80(86)87)67(122)99-50(23-26-59(115)116)68(123)106-56(35-109)75(130)103-52(30-37(2)3)72(127)101-51(79(134)135)16-13-29-92-81(88)89/h17-20,34,36-42,46-56,61-63,109-112H,9-16,21-33,35,82,85H2,1-8H3,(H2,83,113)(H2,84,114)(H,90,93)(H,94,121)(H,95,126)(H,96,119)(H,97,128)(H,98,129)(H,99,122)(H,100,131)(H,101,127)(H,102,120)(H,103,130)(H,104,132)(H,105,133)(H,106,123)(H,107,124)(H,108,125)(H,115,116)(H,117,118)(H,134,135)(H4,86,87,91)(H4,88,89,92)/t38-,39-,40-,41+,42+,46-,47-,48-,49-,50-,51-,52-,53-,54-,55-,56-,61-,62-,63-/m0/s1. The minimum absolute atomic E-state index is 0.0631. The van der Waals surface area contributed by atoms with E-state index in [9.17, 15) is 132 Å².